The molecule has 1 heterocycles. The number of rotatable bonds is 8. The summed E-state index contributed by atoms with van der Waals surface area (Å²) < 4.78 is 63.4. The zero-order valence-corrected chi connectivity index (χ0v) is 17.8. The van der Waals surface area contributed by atoms with E-state index in [-0.39, 0.29) is 24.1 Å². The summed E-state index contributed by atoms with van der Waals surface area (Å²) in [4.78, 5) is 16.5. The van der Waals surface area contributed by atoms with Crippen LogP contribution < -0.4 is 0 Å². The number of halogens is 4. The maximum absolute atomic E-state index is 13.6. The molecule has 3 rings (SSSR count). The Morgan fingerprint density at radius 1 is 1.22 bits per heavy atom. The van der Waals surface area contributed by atoms with Gasteiger partial charge in [-0.2, -0.15) is 13.2 Å². The number of amides is 1. The molecule has 0 aromatic heterocycles. The van der Waals surface area contributed by atoms with Crippen LogP contribution in [0.15, 0.2) is 48.5 Å². The SMILES string of the molecule is COCCN(CC1CN(Cc2cccc(C(F)(F)F)c2)CCO1)C(=O)c1cccc(F)c1. The average molecular weight is 454 g/mol. The Kier molecular flexibility index (Phi) is 8.22. The van der Waals surface area contributed by atoms with Gasteiger partial charge in [0.2, 0.25) is 0 Å². The number of hydrogen-bond acceptors (Lipinski definition) is 4. The first-order chi connectivity index (χ1) is 15.3. The lowest BCUT2D eigenvalue weighted by Gasteiger charge is -2.36. The Hall–Kier alpha value is -2.49. The van der Waals surface area contributed by atoms with E-state index in [0.29, 0.717) is 45.0 Å². The van der Waals surface area contributed by atoms with Gasteiger partial charge in [-0.1, -0.05) is 24.3 Å². The highest BCUT2D eigenvalue weighted by atomic mass is 19.4. The Balaban J connectivity index is 1.65. The van der Waals surface area contributed by atoms with Gasteiger partial charge in [-0.05, 0) is 29.8 Å². The van der Waals surface area contributed by atoms with Crippen molar-refractivity contribution in [3.8, 4) is 0 Å². The van der Waals surface area contributed by atoms with E-state index in [9.17, 15) is 22.4 Å². The monoisotopic (exact) mass is 454 g/mol. The van der Waals surface area contributed by atoms with Crippen LogP contribution in [0.25, 0.3) is 0 Å². The molecule has 1 aliphatic heterocycles. The van der Waals surface area contributed by atoms with Crippen molar-refractivity contribution in [3.63, 3.8) is 0 Å². The third kappa shape index (κ3) is 6.75. The summed E-state index contributed by atoms with van der Waals surface area (Å²) in [6.07, 6.45) is -4.72. The van der Waals surface area contributed by atoms with E-state index >= 15 is 0 Å². The largest absolute Gasteiger partial charge is 0.416 e. The van der Waals surface area contributed by atoms with E-state index in [1.165, 1.54) is 31.4 Å². The zero-order valence-electron chi connectivity index (χ0n) is 17.8. The smallest absolute Gasteiger partial charge is 0.383 e. The Morgan fingerprint density at radius 2 is 2.00 bits per heavy atom. The Labute approximate surface area is 184 Å². The second-order valence-electron chi connectivity index (χ2n) is 7.68. The third-order valence-electron chi connectivity index (χ3n) is 5.23. The minimum absolute atomic E-state index is 0.234. The fourth-order valence-electron chi connectivity index (χ4n) is 3.67. The lowest BCUT2D eigenvalue weighted by atomic mass is 10.1. The van der Waals surface area contributed by atoms with Gasteiger partial charge in [0.25, 0.3) is 5.91 Å². The van der Waals surface area contributed by atoms with Crippen LogP contribution in [0, 0.1) is 5.82 Å². The highest BCUT2D eigenvalue weighted by Gasteiger charge is 2.31. The van der Waals surface area contributed by atoms with Gasteiger partial charge in [0, 0.05) is 45.4 Å². The van der Waals surface area contributed by atoms with E-state index in [1.54, 1.807) is 17.0 Å². The number of ether oxygens (including phenoxy) is 2. The lowest BCUT2D eigenvalue weighted by Crippen LogP contribution is -2.49. The molecule has 2 aromatic carbocycles. The second kappa shape index (κ2) is 10.9. The van der Waals surface area contributed by atoms with Gasteiger partial charge in [0.15, 0.2) is 0 Å². The number of carbonyl (C=O) groups excluding carboxylic acids is 1. The van der Waals surface area contributed by atoms with Crippen LogP contribution in [0.3, 0.4) is 0 Å². The van der Waals surface area contributed by atoms with E-state index < -0.39 is 17.6 Å². The highest BCUT2D eigenvalue weighted by molar-refractivity contribution is 5.94. The molecule has 2 aromatic rings. The molecular formula is C23H26F4N2O3. The summed E-state index contributed by atoms with van der Waals surface area (Å²) in [5.74, 6) is -0.830. The summed E-state index contributed by atoms with van der Waals surface area (Å²) in [5, 5.41) is 0. The number of benzene rings is 2. The van der Waals surface area contributed by atoms with Gasteiger partial charge < -0.3 is 14.4 Å². The third-order valence-corrected chi connectivity index (χ3v) is 5.23. The standard InChI is InChI=1S/C23H26F4N2O3/c1-31-10-9-29(22(30)18-5-3-7-20(24)13-18)16-21-15-28(8-11-32-21)14-17-4-2-6-19(12-17)23(25,26)27/h2-7,12-13,21H,8-11,14-16H2,1H3. The first kappa shape index (κ1) is 24.2. The fraction of sp³-hybridized carbons (Fsp3) is 0.435. The van der Waals surface area contributed by atoms with Crippen molar-refractivity contribution in [2.45, 2.75) is 18.8 Å². The van der Waals surface area contributed by atoms with Gasteiger partial charge in [-0.25, -0.2) is 4.39 Å². The molecule has 1 atom stereocenters. The van der Waals surface area contributed by atoms with E-state index in [4.69, 9.17) is 9.47 Å². The summed E-state index contributed by atoms with van der Waals surface area (Å²) in [5.41, 5.74) is 0.122. The molecule has 5 nitrogen and oxygen atoms in total. The molecule has 1 saturated heterocycles. The van der Waals surface area contributed by atoms with Crippen LogP contribution in [-0.2, 0) is 22.2 Å². The van der Waals surface area contributed by atoms with Crippen molar-refractivity contribution < 1.29 is 31.8 Å². The van der Waals surface area contributed by atoms with Crippen LogP contribution in [0.2, 0.25) is 0 Å². The Morgan fingerprint density at radius 3 is 2.72 bits per heavy atom. The van der Waals surface area contributed by atoms with E-state index in [1.807, 2.05) is 4.90 Å². The van der Waals surface area contributed by atoms with Crippen LogP contribution >= 0.6 is 0 Å². The van der Waals surface area contributed by atoms with Gasteiger partial charge in [0.1, 0.15) is 5.82 Å². The number of alkyl halides is 3. The predicted molar refractivity (Wildman–Crippen MR) is 111 cm³/mol. The molecule has 0 radical (unpaired) electrons. The maximum Gasteiger partial charge on any atom is 0.416 e. The number of hydrogen-bond donors (Lipinski definition) is 0. The van der Waals surface area contributed by atoms with Crippen LogP contribution in [-0.4, -0.2) is 68.3 Å². The molecule has 32 heavy (non-hydrogen) atoms. The Bertz CT molecular complexity index is 907. The minimum Gasteiger partial charge on any atom is -0.383 e. The molecule has 0 bridgehead atoms. The molecule has 1 fully saturated rings. The van der Waals surface area contributed by atoms with Crippen LogP contribution in [0.5, 0.6) is 0 Å². The van der Waals surface area contributed by atoms with Crippen molar-refractivity contribution in [2.75, 3.05) is 46.5 Å². The zero-order chi connectivity index (χ0) is 23.1. The van der Waals surface area contributed by atoms with Crippen LogP contribution in [0.1, 0.15) is 21.5 Å². The molecule has 1 amide bonds. The first-order valence-electron chi connectivity index (χ1n) is 10.3. The molecular weight excluding hydrogens is 428 g/mol. The second-order valence-corrected chi connectivity index (χ2v) is 7.68. The van der Waals surface area contributed by atoms with Crippen molar-refractivity contribution in [1.29, 1.82) is 0 Å². The first-order valence-corrected chi connectivity index (χ1v) is 10.3. The molecule has 1 aliphatic rings. The van der Waals surface area contributed by atoms with E-state index in [2.05, 4.69) is 0 Å². The van der Waals surface area contributed by atoms with Gasteiger partial charge in [0.05, 0.1) is 24.9 Å². The molecule has 0 saturated carbocycles. The van der Waals surface area contributed by atoms with Crippen molar-refractivity contribution >= 4 is 5.91 Å². The molecule has 1 unspecified atom stereocenters. The fourth-order valence-corrected chi connectivity index (χ4v) is 3.67. The lowest BCUT2D eigenvalue weighted by molar-refractivity contribution is -0.137. The number of methoxy groups -OCH3 is 1. The summed E-state index contributed by atoms with van der Waals surface area (Å²) in [6.45, 7) is 2.65. The van der Waals surface area contributed by atoms with Crippen molar-refractivity contribution in [2.24, 2.45) is 0 Å². The predicted octanol–water partition coefficient (Wildman–Crippen LogP) is 3.83. The summed E-state index contributed by atoms with van der Waals surface area (Å²) >= 11 is 0. The van der Waals surface area contributed by atoms with Crippen LogP contribution in [0.4, 0.5) is 17.6 Å². The molecule has 0 spiro atoms. The van der Waals surface area contributed by atoms with Crippen molar-refractivity contribution in [1.82, 2.24) is 9.80 Å². The van der Waals surface area contributed by atoms with Gasteiger partial charge >= 0.3 is 6.18 Å². The van der Waals surface area contributed by atoms with Gasteiger partial charge in [-0.3, -0.25) is 9.69 Å². The normalized spacial score (nSPS) is 17.3. The van der Waals surface area contributed by atoms with E-state index in [0.717, 1.165) is 12.1 Å². The molecule has 174 valence electrons. The molecule has 9 heteroatoms. The van der Waals surface area contributed by atoms with Gasteiger partial charge in [-0.15, -0.1) is 0 Å². The minimum atomic E-state index is -4.39. The molecule has 0 N–H and O–H groups in total. The average Bonchev–Trinajstić information content (AvgIpc) is 2.76. The number of nitrogens with zero attached hydrogens (tertiary/aromatic N) is 2. The summed E-state index contributed by atoms with van der Waals surface area (Å²) in [7, 11) is 1.53. The number of morpholine rings is 1. The summed E-state index contributed by atoms with van der Waals surface area (Å²) in [6, 6.07) is 10.8. The van der Waals surface area contributed by atoms with Crippen molar-refractivity contribution in [3.05, 3.63) is 71.0 Å². The quantitative estimate of drug-likeness (QED) is 0.569. The maximum atomic E-state index is 13.6. The molecule has 0 aliphatic carbocycles. The number of carbonyl (C=O) groups is 1. The topological polar surface area (TPSA) is 42.0 Å². The highest BCUT2D eigenvalue weighted by Crippen LogP contribution is 2.30.